The third-order valence-electron chi connectivity index (χ3n) is 4.81. The lowest BCUT2D eigenvalue weighted by molar-refractivity contribution is 0.0992. The zero-order chi connectivity index (χ0) is 22.1. The van der Waals surface area contributed by atoms with Gasteiger partial charge in [-0.25, -0.2) is 4.98 Å². The average Bonchev–Trinajstić information content (AvgIpc) is 3.40. The summed E-state index contributed by atoms with van der Waals surface area (Å²) in [4.78, 5) is 18.7. The van der Waals surface area contributed by atoms with E-state index in [0.29, 0.717) is 15.0 Å². The van der Waals surface area contributed by atoms with Crippen molar-refractivity contribution in [1.82, 2.24) is 4.98 Å². The zero-order valence-corrected chi connectivity index (χ0v) is 19.2. The molecule has 0 saturated heterocycles. The molecular formula is C24H16ClN3O2S2. The van der Waals surface area contributed by atoms with Crippen molar-refractivity contribution in [2.24, 2.45) is 5.10 Å². The lowest BCUT2D eigenvalue weighted by atomic mass is 10.2. The van der Waals surface area contributed by atoms with E-state index >= 15 is 0 Å². The van der Waals surface area contributed by atoms with Gasteiger partial charge in [0.2, 0.25) is 5.13 Å². The fourth-order valence-corrected chi connectivity index (χ4v) is 5.60. The lowest BCUT2D eigenvalue weighted by Gasteiger charge is -2.13. The third-order valence-corrected chi connectivity index (χ3v) is 7.47. The number of ether oxygens (including phenoxy) is 1. The molecule has 0 bridgehead atoms. The Morgan fingerprint density at radius 2 is 1.81 bits per heavy atom. The number of thiazole rings is 1. The number of thiophene rings is 1. The van der Waals surface area contributed by atoms with Crippen LogP contribution >= 0.6 is 34.3 Å². The Kier molecular flexibility index (Phi) is 5.61. The maximum atomic E-state index is 13.6. The molecule has 5 aromatic rings. The largest absolute Gasteiger partial charge is 0.497 e. The van der Waals surface area contributed by atoms with Gasteiger partial charge in [0.25, 0.3) is 5.91 Å². The molecule has 0 aliphatic heterocycles. The zero-order valence-electron chi connectivity index (χ0n) is 16.9. The van der Waals surface area contributed by atoms with E-state index in [0.717, 1.165) is 31.6 Å². The van der Waals surface area contributed by atoms with Crippen molar-refractivity contribution in [3.8, 4) is 5.75 Å². The van der Waals surface area contributed by atoms with E-state index in [1.54, 1.807) is 13.3 Å². The van der Waals surface area contributed by atoms with E-state index < -0.39 is 0 Å². The van der Waals surface area contributed by atoms with E-state index in [-0.39, 0.29) is 5.91 Å². The van der Waals surface area contributed by atoms with E-state index in [4.69, 9.17) is 16.3 Å². The van der Waals surface area contributed by atoms with Crippen LogP contribution in [0.5, 0.6) is 5.75 Å². The highest BCUT2D eigenvalue weighted by Gasteiger charge is 2.26. The van der Waals surface area contributed by atoms with Gasteiger partial charge >= 0.3 is 0 Å². The number of amides is 1. The Bertz CT molecular complexity index is 1460. The molecule has 0 aliphatic rings. The number of fused-ring (bicyclic) bond motifs is 2. The monoisotopic (exact) mass is 477 g/mol. The Labute approximate surface area is 197 Å². The van der Waals surface area contributed by atoms with Crippen LogP contribution in [0.1, 0.15) is 15.2 Å². The number of anilines is 1. The number of aromatic nitrogens is 1. The van der Waals surface area contributed by atoms with Crippen LogP contribution in [0.4, 0.5) is 5.13 Å². The number of rotatable bonds is 5. The molecule has 0 unspecified atom stereocenters. The molecule has 8 heteroatoms. The van der Waals surface area contributed by atoms with Gasteiger partial charge in [0.1, 0.15) is 10.6 Å². The van der Waals surface area contributed by atoms with Gasteiger partial charge in [0.05, 0.1) is 28.6 Å². The summed E-state index contributed by atoms with van der Waals surface area (Å²) in [6.45, 7) is 0. The fraction of sp³-hybridized carbons (Fsp3) is 0.0417. The number of hydrogen-bond acceptors (Lipinski definition) is 6. The third kappa shape index (κ3) is 3.86. The van der Waals surface area contributed by atoms with Gasteiger partial charge < -0.3 is 4.74 Å². The molecular weight excluding hydrogens is 462 g/mol. The molecule has 32 heavy (non-hydrogen) atoms. The highest BCUT2D eigenvalue weighted by atomic mass is 35.5. The van der Waals surface area contributed by atoms with E-state index in [9.17, 15) is 4.79 Å². The first-order valence-electron chi connectivity index (χ1n) is 9.69. The van der Waals surface area contributed by atoms with Crippen LogP contribution in [0.25, 0.3) is 20.3 Å². The molecule has 5 nitrogen and oxygen atoms in total. The van der Waals surface area contributed by atoms with Crippen molar-refractivity contribution in [2.75, 3.05) is 12.1 Å². The molecule has 0 atom stereocenters. The number of hydrogen-bond donors (Lipinski definition) is 0. The Hall–Kier alpha value is -3.26. The summed E-state index contributed by atoms with van der Waals surface area (Å²) in [5.74, 6) is 0.403. The van der Waals surface area contributed by atoms with Crippen molar-refractivity contribution in [3.05, 3.63) is 88.3 Å². The highest BCUT2D eigenvalue weighted by Crippen LogP contribution is 2.38. The molecule has 0 spiro atoms. The Balaban J connectivity index is 1.61. The van der Waals surface area contributed by atoms with Crippen molar-refractivity contribution in [3.63, 3.8) is 0 Å². The van der Waals surface area contributed by atoms with Gasteiger partial charge in [-0.15, -0.1) is 11.3 Å². The van der Waals surface area contributed by atoms with Gasteiger partial charge in [0, 0.05) is 10.1 Å². The van der Waals surface area contributed by atoms with Gasteiger partial charge in [-0.1, -0.05) is 71.5 Å². The Morgan fingerprint density at radius 1 is 1.03 bits per heavy atom. The van der Waals surface area contributed by atoms with Crippen LogP contribution in [-0.4, -0.2) is 24.2 Å². The molecule has 0 saturated carbocycles. The summed E-state index contributed by atoms with van der Waals surface area (Å²) in [6, 6.07) is 22.9. The number of carbonyl (C=O) groups is 1. The number of carbonyl (C=O) groups excluding carboxylic acids is 1. The fourth-order valence-electron chi connectivity index (χ4n) is 3.21. The molecule has 0 aliphatic carbocycles. The minimum absolute atomic E-state index is 0.325. The Morgan fingerprint density at radius 3 is 2.59 bits per heavy atom. The number of methoxy groups -OCH3 is 1. The minimum Gasteiger partial charge on any atom is -0.497 e. The number of nitrogens with zero attached hydrogens (tertiary/aromatic N) is 3. The molecule has 2 aromatic heterocycles. The van der Waals surface area contributed by atoms with E-state index in [2.05, 4.69) is 10.1 Å². The standard InChI is InChI=1S/C24H16ClN3O2S2/c1-30-16-11-12-18-20(13-16)32-24(27-18)28(26-14-15-7-3-2-4-8-15)23(29)22-21(25)17-9-5-6-10-19(17)31-22/h2-14H,1H3/b26-14+. The summed E-state index contributed by atoms with van der Waals surface area (Å²) in [6.07, 6.45) is 1.64. The van der Waals surface area contributed by atoms with Gasteiger partial charge in [0.15, 0.2) is 0 Å². The molecule has 3 aromatic carbocycles. The lowest BCUT2D eigenvalue weighted by Crippen LogP contribution is -2.25. The molecule has 158 valence electrons. The van der Waals surface area contributed by atoms with Crippen LogP contribution in [0, 0.1) is 0 Å². The van der Waals surface area contributed by atoms with E-state index in [1.807, 2.05) is 72.8 Å². The molecule has 1 amide bonds. The van der Waals surface area contributed by atoms with Crippen LogP contribution in [0.3, 0.4) is 0 Å². The van der Waals surface area contributed by atoms with Crippen LogP contribution < -0.4 is 9.75 Å². The number of halogens is 1. The molecule has 0 radical (unpaired) electrons. The second-order valence-corrected chi connectivity index (χ2v) is 9.28. The highest BCUT2D eigenvalue weighted by molar-refractivity contribution is 7.23. The van der Waals surface area contributed by atoms with Gasteiger partial charge in [-0.3, -0.25) is 4.79 Å². The molecule has 0 fully saturated rings. The quantitative estimate of drug-likeness (QED) is 0.205. The molecule has 0 N–H and O–H groups in total. The second kappa shape index (κ2) is 8.70. The normalized spacial score (nSPS) is 11.4. The predicted octanol–water partition coefficient (Wildman–Crippen LogP) is 6.85. The van der Waals surface area contributed by atoms with Gasteiger partial charge in [-0.2, -0.15) is 10.1 Å². The first kappa shape index (κ1) is 20.6. The van der Waals surface area contributed by atoms with Crippen LogP contribution in [-0.2, 0) is 0 Å². The minimum atomic E-state index is -0.325. The van der Waals surface area contributed by atoms with E-state index in [1.165, 1.54) is 27.7 Å². The summed E-state index contributed by atoms with van der Waals surface area (Å²) in [5.41, 5.74) is 1.64. The van der Waals surface area contributed by atoms with Crippen LogP contribution in [0.15, 0.2) is 77.9 Å². The second-order valence-electron chi connectivity index (χ2n) is 6.84. The maximum absolute atomic E-state index is 13.6. The summed E-state index contributed by atoms with van der Waals surface area (Å²) in [5, 5.41) is 7.57. The molecule has 5 rings (SSSR count). The summed E-state index contributed by atoms with van der Waals surface area (Å²) < 4.78 is 7.16. The maximum Gasteiger partial charge on any atom is 0.292 e. The van der Waals surface area contributed by atoms with Crippen molar-refractivity contribution < 1.29 is 9.53 Å². The van der Waals surface area contributed by atoms with Crippen molar-refractivity contribution in [2.45, 2.75) is 0 Å². The first-order chi connectivity index (χ1) is 15.6. The average molecular weight is 478 g/mol. The number of benzene rings is 3. The predicted molar refractivity (Wildman–Crippen MR) is 134 cm³/mol. The summed E-state index contributed by atoms with van der Waals surface area (Å²) >= 11 is 9.31. The summed E-state index contributed by atoms with van der Waals surface area (Å²) in [7, 11) is 1.62. The van der Waals surface area contributed by atoms with Crippen molar-refractivity contribution >= 4 is 71.8 Å². The SMILES string of the molecule is COc1ccc2nc(N(/N=C/c3ccccc3)C(=O)c3sc4ccccc4c3Cl)sc2c1. The van der Waals surface area contributed by atoms with Gasteiger partial charge in [-0.05, 0) is 29.8 Å². The number of hydrazone groups is 1. The van der Waals surface area contributed by atoms with Crippen LogP contribution in [0.2, 0.25) is 5.02 Å². The first-order valence-corrected chi connectivity index (χ1v) is 11.7. The molecule has 2 heterocycles. The topological polar surface area (TPSA) is 54.8 Å². The van der Waals surface area contributed by atoms with Crippen molar-refractivity contribution in [1.29, 1.82) is 0 Å². The smallest absolute Gasteiger partial charge is 0.292 e.